The molecule has 2 aromatic heterocycles. The fraction of sp³-hybridized carbons (Fsp3) is 0.600. The summed E-state index contributed by atoms with van der Waals surface area (Å²) < 4.78 is 128. The third-order valence-electron chi connectivity index (χ3n) is 4.91. The molecule has 0 saturated heterocycles. The molecule has 0 aliphatic heterocycles. The highest BCUT2D eigenvalue weighted by Gasteiger charge is 2.58. The van der Waals surface area contributed by atoms with Crippen LogP contribution in [0.2, 0.25) is 0 Å². The molecular weight excluding hydrogens is 538 g/mol. The lowest BCUT2D eigenvalue weighted by atomic mass is 10.2. The van der Waals surface area contributed by atoms with E-state index in [0.717, 1.165) is 13.6 Å². The van der Waals surface area contributed by atoms with Crippen LogP contribution in [0.15, 0.2) is 41.7 Å². The maximum atomic E-state index is 12.8. The Balaban J connectivity index is 0.000000488. The number of alkyl halides is 6. The first kappa shape index (κ1) is 31.7. The second-order valence-corrected chi connectivity index (χ2v) is 11.5. The Morgan fingerprint density at radius 1 is 0.944 bits per heavy atom. The molecule has 2 heterocycles. The predicted octanol–water partition coefficient (Wildman–Crippen LogP) is 3.77. The number of unbranched alkanes of at least 4 members (excludes halogenated alkanes) is 3. The first-order valence-electron chi connectivity index (χ1n) is 10.9. The van der Waals surface area contributed by atoms with Crippen LogP contribution in [-0.4, -0.2) is 37.0 Å². The number of aryl methyl sites for hydroxylation is 2. The second-order valence-electron chi connectivity index (χ2n) is 7.75. The molecule has 0 amide bonds. The van der Waals surface area contributed by atoms with Gasteiger partial charge in [-0.1, -0.05) is 33.3 Å². The van der Waals surface area contributed by atoms with Crippen molar-refractivity contribution in [3.63, 3.8) is 0 Å². The van der Waals surface area contributed by atoms with E-state index in [1.54, 1.807) is 13.1 Å². The first-order valence-corrected chi connectivity index (χ1v) is 13.8. The SMILES string of the molecule is C=Cn1cc[n+](CCCC)c1.CCCCCn1c(S(=O)(=O)C(F)(F)F)c[n+](C)c1S(=O)(=O)C(F)(F)F. The van der Waals surface area contributed by atoms with Gasteiger partial charge in [-0.3, -0.25) is 0 Å². The minimum atomic E-state index is -6.07. The fourth-order valence-corrected chi connectivity index (χ4v) is 5.24. The Hall–Kier alpha value is -2.36. The van der Waals surface area contributed by atoms with Crippen LogP contribution in [-0.2, 0) is 39.8 Å². The van der Waals surface area contributed by atoms with Crippen LogP contribution < -0.4 is 9.13 Å². The standard InChI is InChI=1S/C11H15F6N2O4S2.C9H15N2/c1-3-4-5-6-19-8(24(20,21)10(12,13)14)7-18(2)9(19)25(22,23)11(15,16)17;1-3-5-6-11-8-7-10(4-2)9-11/h7H,3-6H2,1-2H3;4,7-9H,2-3,5-6H2,1H3/q2*+1. The van der Waals surface area contributed by atoms with Gasteiger partial charge in [-0.2, -0.15) is 26.3 Å². The Kier molecular flexibility index (Phi) is 10.8. The molecule has 0 radical (unpaired) electrons. The van der Waals surface area contributed by atoms with Crippen LogP contribution in [0.4, 0.5) is 26.3 Å². The summed E-state index contributed by atoms with van der Waals surface area (Å²) in [6.07, 6.45) is 11.5. The lowest BCUT2D eigenvalue weighted by molar-refractivity contribution is -0.711. The van der Waals surface area contributed by atoms with Crippen molar-refractivity contribution in [1.29, 1.82) is 0 Å². The molecule has 16 heteroatoms. The van der Waals surface area contributed by atoms with Gasteiger partial charge in [0.05, 0.1) is 26.3 Å². The second kappa shape index (κ2) is 12.3. The zero-order chi connectivity index (χ0) is 27.9. The largest absolute Gasteiger partial charge is 0.509 e. The molecule has 206 valence electrons. The van der Waals surface area contributed by atoms with E-state index in [4.69, 9.17) is 0 Å². The number of imidazole rings is 2. The molecule has 2 rings (SSSR count). The molecule has 0 aromatic carbocycles. The monoisotopic (exact) mass is 568 g/mol. The van der Waals surface area contributed by atoms with Crippen molar-refractivity contribution in [1.82, 2.24) is 9.13 Å². The number of halogens is 6. The number of nitrogens with zero attached hydrogens (tertiary/aromatic N) is 4. The average molecular weight is 569 g/mol. The van der Waals surface area contributed by atoms with Gasteiger partial charge in [0.25, 0.3) is 5.03 Å². The van der Waals surface area contributed by atoms with Gasteiger partial charge in [-0.15, -0.1) is 0 Å². The van der Waals surface area contributed by atoms with Crippen molar-refractivity contribution < 1.29 is 52.3 Å². The van der Waals surface area contributed by atoms with Crippen LogP contribution in [0.25, 0.3) is 6.20 Å². The molecule has 36 heavy (non-hydrogen) atoms. The number of sulfone groups is 2. The Bertz CT molecular complexity index is 1230. The van der Waals surface area contributed by atoms with Crippen molar-refractivity contribution >= 4 is 25.9 Å². The third kappa shape index (κ3) is 7.33. The Morgan fingerprint density at radius 3 is 1.94 bits per heavy atom. The highest BCUT2D eigenvalue weighted by atomic mass is 32.2. The van der Waals surface area contributed by atoms with E-state index < -0.39 is 47.4 Å². The normalized spacial score (nSPS) is 12.8. The average Bonchev–Trinajstić information content (AvgIpc) is 3.35. The van der Waals surface area contributed by atoms with Gasteiger partial charge in [0.15, 0.2) is 6.20 Å². The molecule has 8 nitrogen and oxygen atoms in total. The summed E-state index contributed by atoms with van der Waals surface area (Å²) in [6, 6.07) is 0. The molecule has 0 unspecified atom stereocenters. The van der Waals surface area contributed by atoms with Crippen LogP contribution in [0.1, 0.15) is 46.0 Å². The van der Waals surface area contributed by atoms with E-state index in [0.29, 0.717) is 12.8 Å². The summed E-state index contributed by atoms with van der Waals surface area (Å²) in [7, 11) is -11.4. The Labute approximate surface area is 206 Å². The summed E-state index contributed by atoms with van der Waals surface area (Å²) in [6.45, 7) is 8.04. The summed E-state index contributed by atoms with van der Waals surface area (Å²) in [4.78, 5) is 0. The van der Waals surface area contributed by atoms with Crippen molar-refractivity contribution in [2.24, 2.45) is 7.05 Å². The van der Waals surface area contributed by atoms with Gasteiger partial charge in [-0.25, -0.2) is 35.1 Å². The summed E-state index contributed by atoms with van der Waals surface area (Å²) in [5, 5.41) is -3.12. The predicted molar refractivity (Wildman–Crippen MR) is 118 cm³/mol. The molecule has 0 aliphatic rings. The van der Waals surface area contributed by atoms with Gasteiger partial charge in [0.1, 0.15) is 12.4 Å². The highest BCUT2D eigenvalue weighted by molar-refractivity contribution is 7.92. The molecule has 0 atom stereocenters. The summed E-state index contributed by atoms with van der Waals surface area (Å²) in [5.74, 6) is 0. The number of hydrogen-bond acceptors (Lipinski definition) is 4. The third-order valence-corrected chi connectivity index (χ3v) is 7.99. The first-order chi connectivity index (χ1) is 16.5. The molecule has 0 spiro atoms. The molecule has 0 fully saturated rings. The van der Waals surface area contributed by atoms with E-state index in [1.807, 2.05) is 17.1 Å². The number of hydrogen-bond donors (Lipinski definition) is 0. The molecular formula is C20H30F6N4O4S2+2. The Morgan fingerprint density at radius 2 is 1.50 bits per heavy atom. The molecule has 0 aliphatic carbocycles. The van der Waals surface area contributed by atoms with E-state index in [9.17, 15) is 43.2 Å². The molecule has 0 saturated carbocycles. The van der Waals surface area contributed by atoms with Crippen LogP contribution in [0.3, 0.4) is 0 Å². The van der Waals surface area contributed by atoms with Crippen LogP contribution >= 0.6 is 0 Å². The molecule has 0 bridgehead atoms. The fourth-order valence-electron chi connectivity index (χ4n) is 3.06. The minimum absolute atomic E-state index is 0.00800. The van der Waals surface area contributed by atoms with Crippen LogP contribution in [0, 0.1) is 0 Å². The van der Waals surface area contributed by atoms with Crippen molar-refractivity contribution in [2.75, 3.05) is 0 Å². The van der Waals surface area contributed by atoms with Gasteiger partial charge < -0.3 is 0 Å². The van der Waals surface area contributed by atoms with Gasteiger partial charge in [0.2, 0.25) is 6.33 Å². The summed E-state index contributed by atoms with van der Waals surface area (Å²) >= 11 is 0. The molecule has 0 N–H and O–H groups in total. The molecule has 2 aromatic rings. The van der Waals surface area contributed by atoms with Crippen molar-refractivity contribution in [3.05, 3.63) is 31.5 Å². The number of aromatic nitrogens is 4. The van der Waals surface area contributed by atoms with E-state index in [2.05, 4.69) is 24.3 Å². The maximum absolute atomic E-state index is 12.8. The minimum Gasteiger partial charge on any atom is -0.236 e. The highest BCUT2D eigenvalue weighted by Crippen LogP contribution is 2.34. The van der Waals surface area contributed by atoms with Gasteiger partial charge in [0, 0.05) is 0 Å². The van der Waals surface area contributed by atoms with E-state index in [1.165, 1.54) is 12.8 Å². The van der Waals surface area contributed by atoms with Crippen molar-refractivity contribution in [2.45, 2.75) is 80.2 Å². The summed E-state index contributed by atoms with van der Waals surface area (Å²) in [5.41, 5.74) is -11.6. The smallest absolute Gasteiger partial charge is 0.236 e. The quantitative estimate of drug-likeness (QED) is 0.248. The van der Waals surface area contributed by atoms with Crippen molar-refractivity contribution in [3.8, 4) is 0 Å². The number of rotatable bonds is 10. The van der Waals surface area contributed by atoms with E-state index >= 15 is 0 Å². The van der Waals surface area contributed by atoms with Crippen LogP contribution in [0.5, 0.6) is 0 Å². The van der Waals surface area contributed by atoms with Gasteiger partial charge >= 0.3 is 35.8 Å². The topological polar surface area (TPSA) is 85.9 Å². The maximum Gasteiger partial charge on any atom is 0.509 e. The zero-order valence-electron chi connectivity index (χ0n) is 20.0. The lowest BCUT2D eigenvalue weighted by Gasteiger charge is -2.09. The lowest BCUT2D eigenvalue weighted by Crippen LogP contribution is -2.39. The zero-order valence-corrected chi connectivity index (χ0v) is 21.7. The van der Waals surface area contributed by atoms with Gasteiger partial charge in [-0.05, 0) is 19.3 Å². The van der Waals surface area contributed by atoms with E-state index in [-0.39, 0.29) is 21.8 Å².